The number of hydrogen-bond donors (Lipinski definition) is 2. The van der Waals surface area contributed by atoms with Gasteiger partial charge in [-0.2, -0.15) is 0 Å². The molecular weight excluding hydrogens is 362 g/mol. The van der Waals surface area contributed by atoms with Gasteiger partial charge >= 0.3 is 5.97 Å². The van der Waals surface area contributed by atoms with Gasteiger partial charge in [0.15, 0.2) is 5.69 Å². The second-order valence-electron chi connectivity index (χ2n) is 6.02. The van der Waals surface area contributed by atoms with Crippen molar-refractivity contribution in [2.45, 2.75) is 19.4 Å². The molecule has 0 aliphatic heterocycles. The molecule has 0 fully saturated rings. The van der Waals surface area contributed by atoms with E-state index in [9.17, 15) is 4.79 Å². The van der Waals surface area contributed by atoms with Crippen LogP contribution in [0, 0.1) is 0 Å². The van der Waals surface area contributed by atoms with Crippen molar-refractivity contribution < 1.29 is 23.8 Å². The number of ether oxygens (including phenoxy) is 2. The summed E-state index contributed by atoms with van der Waals surface area (Å²) in [6, 6.07) is 10.9. The second-order valence-corrected chi connectivity index (χ2v) is 6.02. The van der Waals surface area contributed by atoms with Crippen LogP contribution in [0.25, 0.3) is 11.5 Å². The standard InChI is InChI=1S/C20H21N3O5/c21-16-5-1-2-6-18(16)27-10-4-3-9-26-12-15-11-14(7-8-22-15)19-23-17(13-28-19)20(24)25/h1-2,5-8,11,13H,3-4,9-10,12,21H2,(H,24,25). The molecule has 2 heterocycles. The zero-order chi connectivity index (χ0) is 19.8. The predicted octanol–water partition coefficient (Wildman–Crippen LogP) is 3.39. The Morgan fingerprint density at radius 3 is 2.79 bits per heavy atom. The van der Waals surface area contributed by atoms with E-state index < -0.39 is 5.97 Å². The number of oxazole rings is 1. The van der Waals surface area contributed by atoms with Crippen molar-refractivity contribution in [1.29, 1.82) is 0 Å². The van der Waals surface area contributed by atoms with Crippen LogP contribution in [0.15, 0.2) is 53.3 Å². The summed E-state index contributed by atoms with van der Waals surface area (Å²) >= 11 is 0. The van der Waals surface area contributed by atoms with Crippen LogP contribution in [0.4, 0.5) is 5.69 Å². The first-order valence-electron chi connectivity index (χ1n) is 8.82. The molecule has 3 N–H and O–H groups in total. The number of aromatic nitrogens is 2. The van der Waals surface area contributed by atoms with Crippen LogP contribution < -0.4 is 10.5 Å². The van der Waals surface area contributed by atoms with Gasteiger partial charge in [0.2, 0.25) is 5.89 Å². The highest BCUT2D eigenvalue weighted by atomic mass is 16.5. The van der Waals surface area contributed by atoms with E-state index in [-0.39, 0.29) is 11.6 Å². The highest BCUT2D eigenvalue weighted by molar-refractivity contribution is 5.85. The average molecular weight is 383 g/mol. The number of nitrogens with zero attached hydrogens (tertiary/aromatic N) is 2. The van der Waals surface area contributed by atoms with Gasteiger partial charge in [-0.1, -0.05) is 12.1 Å². The summed E-state index contributed by atoms with van der Waals surface area (Å²) in [4.78, 5) is 19.1. The third-order valence-electron chi connectivity index (χ3n) is 3.90. The lowest BCUT2D eigenvalue weighted by Crippen LogP contribution is -2.03. The van der Waals surface area contributed by atoms with E-state index in [4.69, 9.17) is 24.7 Å². The van der Waals surface area contributed by atoms with E-state index in [1.807, 2.05) is 18.2 Å². The average Bonchev–Trinajstić information content (AvgIpc) is 3.19. The van der Waals surface area contributed by atoms with Crippen LogP contribution >= 0.6 is 0 Å². The SMILES string of the molecule is Nc1ccccc1OCCCCOCc1cc(-c2nc(C(=O)O)co2)ccn1. The highest BCUT2D eigenvalue weighted by Crippen LogP contribution is 2.20. The van der Waals surface area contributed by atoms with Gasteiger partial charge in [0.05, 0.1) is 24.6 Å². The number of unbranched alkanes of at least 4 members (excludes halogenated alkanes) is 1. The predicted molar refractivity (Wildman–Crippen MR) is 102 cm³/mol. The molecule has 3 rings (SSSR count). The van der Waals surface area contributed by atoms with Gasteiger partial charge < -0.3 is 24.7 Å². The van der Waals surface area contributed by atoms with Gasteiger partial charge in [-0.05, 0) is 37.1 Å². The van der Waals surface area contributed by atoms with Crippen LogP contribution in [0.3, 0.4) is 0 Å². The molecule has 146 valence electrons. The monoisotopic (exact) mass is 383 g/mol. The minimum absolute atomic E-state index is 0.135. The minimum atomic E-state index is -1.13. The van der Waals surface area contributed by atoms with Crippen molar-refractivity contribution in [2.75, 3.05) is 18.9 Å². The first-order chi connectivity index (χ1) is 13.6. The Kier molecular flexibility index (Phi) is 6.59. The van der Waals surface area contributed by atoms with Crippen molar-refractivity contribution in [3.8, 4) is 17.2 Å². The van der Waals surface area contributed by atoms with Crippen molar-refractivity contribution >= 4 is 11.7 Å². The van der Waals surface area contributed by atoms with Crippen LogP contribution in [0.2, 0.25) is 0 Å². The molecule has 2 aromatic heterocycles. The Bertz CT molecular complexity index is 925. The number of aromatic carboxylic acids is 1. The molecule has 0 amide bonds. The summed E-state index contributed by atoms with van der Waals surface area (Å²) in [6.07, 6.45) is 4.40. The minimum Gasteiger partial charge on any atom is -0.491 e. The lowest BCUT2D eigenvalue weighted by atomic mass is 10.2. The molecule has 28 heavy (non-hydrogen) atoms. The number of pyridine rings is 1. The van der Waals surface area contributed by atoms with Gasteiger partial charge in [-0.3, -0.25) is 4.98 Å². The Morgan fingerprint density at radius 2 is 2.00 bits per heavy atom. The molecule has 3 aromatic rings. The molecular formula is C20H21N3O5. The fraction of sp³-hybridized carbons (Fsp3) is 0.250. The number of rotatable bonds is 10. The molecule has 8 nitrogen and oxygen atoms in total. The topological polar surface area (TPSA) is 121 Å². The summed E-state index contributed by atoms with van der Waals surface area (Å²) in [5, 5.41) is 8.91. The number of anilines is 1. The lowest BCUT2D eigenvalue weighted by molar-refractivity contribution is 0.0690. The third-order valence-corrected chi connectivity index (χ3v) is 3.90. The molecule has 0 saturated heterocycles. The number of carboxylic acid groups (broad SMARTS) is 1. The van der Waals surface area contributed by atoms with Crippen molar-refractivity contribution in [1.82, 2.24) is 9.97 Å². The Labute approximate surface area is 161 Å². The summed E-state index contributed by atoms with van der Waals surface area (Å²) < 4.78 is 16.5. The number of nitrogen functional groups attached to an aromatic ring is 1. The molecule has 1 aromatic carbocycles. The van der Waals surface area contributed by atoms with Crippen LogP contribution in [-0.4, -0.2) is 34.3 Å². The summed E-state index contributed by atoms with van der Waals surface area (Å²) in [5.41, 5.74) is 7.67. The molecule has 0 saturated carbocycles. The molecule has 0 aliphatic carbocycles. The molecule has 0 aliphatic rings. The number of hydrogen-bond acceptors (Lipinski definition) is 7. The van der Waals surface area contributed by atoms with Gasteiger partial charge in [0.25, 0.3) is 0 Å². The molecule has 0 spiro atoms. The van der Waals surface area contributed by atoms with Crippen molar-refractivity contribution in [3.63, 3.8) is 0 Å². The van der Waals surface area contributed by atoms with E-state index in [1.54, 1.807) is 24.4 Å². The maximum Gasteiger partial charge on any atom is 0.357 e. The van der Waals surface area contributed by atoms with E-state index in [0.29, 0.717) is 42.5 Å². The Hall–Kier alpha value is -3.39. The first kappa shape index (κ1) is 19.4. The number of benzene rings is 1. The van der Waals surface area contributed by atoms with Crippen molar-refractivity contribution in [2.24, 2.45) is 0 Å². The quantitative estimate of drug-likeness (QED) is 0.404. The Balaban J connectivity index is 1.39. The van der Waals surface area contributed by atoms with Gasteiger partial charge in [0.1, 0.15) is 12.0 Å². The Morgan fingerprint density at radius 1 is 1.18 bits per heavy atom. The maximum absolute atomic E-state index is 10.9. The van der Waals surface area contributed by atoms with E-state index in [2.05, 4.69) is 9.97 Å². The first-order valence-corrected chi connectivity index (χ1v) is 8.82. The smallest absolute Gasteiger partial charge is 0.357 e. The van der Waals surface area contributed by atoms with Crippen molar-refractivity contribution in [3.05, 3.63) is 60.2 Å². The van der Waals surface area contributed by atoms with E-state index in [0.717, 1.165) is 19.1 Å². The zero-order valence-electron chi connectivity index (χ0n) is 15.2. The molecule has 0 bridgehead atoms. The van der Waals surface area contributed by atoms with Crippen LogP contribution in [0.1, 0.15) is 29.0 Å². The second kappa shape index (κ2) is 9.52. The number of carboxylic acids is 1. The number of carbonyl (C=O) groups is 1. The largest absolute Gasteiger partial charge is 0.491 e. The van der Waals surface area contributed by atoms with E-state index >= 15 is 0 Å². The van der Waals surface area contributed by atoms with Crippen LogP contribution in [0.5, 0.6) is 5.75 Å². The highest BCUT2D eigenvalue weighted by Gasteiger charge is 2.12. The lowest BCUT2D eigenvalue weighted by Gasteiger charge is -2.08. The van der Waals surface area contributed by atoms with Gasteiger partial charge in [0, 0.05) is 18.4 Å². The fourth-order valence-electron chi connectivity index (χ4n) is 2.47. The summed E-state index contributed by atoms with van der Waals surface area (Å²) in [5.74, 6) is -0.202. The zero-order valence-corrected chi connectivity index (χ0v) is 15.2. The van der Waals surface area contributed by atoms with Gasteiger partial charge in [-0.15, -0.1) is 0 Å². The number of nitrogens with two attached hydrogens (primary N) is 1. The van der Waals surface area contributed by atoms with E-state index in [1.165, 1.54) is 0 Å². The summed E-state index contributed by atoms with van der Waals surface area (Å²) in [7, 11) is 0. The molecule has 0 unspecified atom stereocenters. The molecule has 0 radical (unpaired) electrons. The fourth-order valence-corrected chi connectivity index (χ4v) is 2.47. The number of para-hydroxylation sites is 2. The third kappa shape index (κ3) is 5.31. The normalized spacial score (nSPS) is 10.7. The molecule has 0 atom stereocenters. The van der Waals surface area contributed by atoms with Crippen LogP contribution in [-0.2, 0) is 11.3 Å². The molecule has 8 heteroatoms. The summed E-state index contributed by atoms with van der Waals surface area (Å²) in [6.45, 7) is 1.48. The maximum atomic E-state index is 10.9. The van der Waals surface area contributed by atoms with Gasteiger partial charge in [-0.25, -0.2) is 9.78 Å².